The van der Waals surface area contributed by atoms with Crippen LogP contribution in [0.3, 0.4) is 0 Å². The van der Waals surface area contributed by atoms with Gasteiger partial charge < -0.3 is 14.7 Å². The van der Waals surface area contributed by atoms with Gasteiger partial charge in [0.05, 0.1) is 5.57 Å². The Kier molecular flexibility index (Phi) is 5.00. The minimum atomic E-state index is -1.35. The van der Waals surface area contributed by atoms with E-state index in [1.807, 2.05) is 0 Å². The number of nitrogens with zero attached hydrogens (tertiary/aromatic N) is 1. The number of rotatable bonds is 4. The van der Waals surface area contributed by atoms with E-state index in [1.165, 1.54) is 23.7 Å². The van der Waals surface area contributed by atoms with Gasteiger partial charge in [-0.2, -0.15) is 0 Å². The van der Waals surface area contributed by atoms with Crippen molar-refractivity contribution in [2.24, 2.45) is 35.0 Å². The maximum Gasteiger partial charge on any atom is 0.311 e. The molecule has 2 aliphatic carbocycles. The summed E-state index contributed by atoms with van der Waals surface area (Å²) in [5, 5.41) is 9.67. The largest absolute Gasteiger partial charge is 0.481 e. The third-order valence-electron chi connectivity index (χ3n) is 8.44. The highest BCUT2D eigenvalue weighted by atomic mass is 16.5. The molecular formula is C24H33NO5. The highest BCUT2D eigenvalue weighted by molar-refractivity contribution is 6.22. The minimum Gasteiger partial charge on any atom is -0.481 e. The molecule has 1 amide bonds. The lowest BCUT2D eigenvalue weighted by atomic mass is 9.53. The first-order chi connectivity index (χ1) is 14.1. The highest BCUT2D eigenvalue weighted by Crippen LogP contribution is 2.55. The molecular weight excluding hydrogens is 382 g/mol. The highest BCUT2D eigenvalue weighted by Gasteiger charge is 2.60. The van der Waals surface area contributed by atoms with Crippen LogP contribution in [0.15, 0.2) is 23.3 Å². The second-order valence-electron chi connectivity index (χ2n) is 10.2. The topological polar surface area (TPSA) is 83.9 Å². The summed E-state index contributed by atoms with van der Waals surface area (Å²) in [6.45, 7) is 8.98. The summed E-state index contributed by atoms with van der Waals surface area (Å²) >= 11 is 0. The number of carboxylic acids is 1. The predicted octanol–water partition coefficient (Wildman–Crippen LogP) is 3.43. The molecule has 2 heterocycles. The van der Waals surface area contributed by atoms with Gasteiger partial charge in [0.25, 0.3) is 5.91 Å². The first-order valence-corrected chi connectivity index (χ1v) is 11.1. The second-order valence-corrected chi connectivity index (χ2v) is 10.2. The molecule has 6 nitrogen and oxygen atoms in total. The van der Waals surface area contributed by atoms with Crippen molar-refractivity contribution in [3.63, 3.8) is 0 Å². The van der Waals surface area contributed by atoms with Gasteiger partial charge >= 0.3 is 5.97 Å². The van der Waals surface area contributed by atoms with Crippen LogP contribution in [0.25, 0.3) is 0 Å². The lowest BCUT2D eigenvalue weighted by molar-refractivity contribution is -0.161. The number of carbonyl (C=O) groups excluding carboxylic acids is 2. The predicted molar refractivity (Wildman–Crippen MR) is 111 cm³/mol. The molecule has 0 bridgehead atoms. The number of ether oxygens (including phenoxy) is 1. The molecule has 30 heavy (non-hydrogen) atoms. The lowest BCUT2D eigenvalue weighted by Crippen LogP contribution is -2.49. The number of aliphatic carboxylic acids is 1. The quantitative estimate of drug-likeness (QED) is 0.562. The molecule has 0 aromatic rings. The van der Waals surface area contributed by atoms with Crippen LogP contribution >= 0.6 is 0 Å². The van der Waals surface area contributed by atoms with E-state index < -0.39 is 17.6 Å². The monoisotopic (exact) mass is 415 g/mol. The van der Waals surface area contributed by atoms with Crippen molar-refractivity contribution >= 4 is 17.7 Å². The Bertz CT molecular complexity index is 860. The number of carboxylic acid groups (broad SMARTS) is 1. The normalized spacial score (nSPS) is 43.0. The Morgan fingerprint density at radius 3 is 2.53 bits per heavy atom. The molecule has 0 radical (unpaired) electrons. The number of hydrogen-bond acceptors (Lipinski definition) is 4. The number of carbonyl (C=O) groups is 3. The van der Waals surface area contributed by atoms with E-state index in [-0.39, 0.29) is 47.0 Å². The smallest absolute Gasteiger partial charge is 0.311 e. The third kappa shape index (κ3) is 2.83. The number of hydrogen-bond donors (Lipinski definition) is 1. The molecule has 4 rings (SSSR count). The summed E-state index contributed by atoms with van der Waals surface area (Å²) in [6.07, 6.45) is 7.32. The average molecular weight is 416 g/mol. The minimum absolute atomic E-state index is 0.0461. The summed E-state index contributed by atoms with van der Waals surface area (Å²) in [5.74, 6) is -1.78. The van der Waals surface area contributed by atoms with Gasteiger partial charge in [0.1, 0.15) is 5.92 Å². The molecule has 4 aliphatic rings. The summed E-state index contributed by atoms with van der Waals surface area (Å²) in [6, 6.07) is 0. The first-order valence-electron chi connectivity index (χ1n) is 11.1. The van der Waals surface area contributed by atoms with Crippen LogP contribution in [-0.4, -0.2) is 47.0 Å². The Balaban J connectivity index is 1.74. The van der Waals surface area contributed by atoms with Gasteiger partial charge in [-0.3, -0.25) is 14.4 Å². The van der Waals surface area contributed by atoms with Crippen molar-refractivity contribution in [1.82, 2.24) is 4.90 Å². The molecule has 1 N–H and O–H groups in total. The number of allylic oxidation sites excluding steroid dienone is 2. The summed E-state index contributed by atoms with van der Waals surface area (Å²) in [5.41, 5.74) is -0.0655. The standard InChI is InChI=1S/C24H33NO5/c1-13-6-7-17-19(15(3)14(2)11-23(17,4)10-13)20(26)16-12-24(30-5)18(22(28)29)8-9-25(24)21(16)27/h11-13,15,17-19H,6-10H2,1-5H3,(H,28,29)/t13-,15-,17-,18+,19+,23-,24-/m1/s1. The van der Waals surface area contributed by atoms with Gasteiger partial charge in [0, 0.05) is 19.6 Å². The zero-order chi connectivity index (χ0) is 22.0. The van der Waals surface area contributed by atoms with Crippen LogP contribution in [0.1, 0.15) is 53.4 Å². The Labute approximate surface area is 178 Å². The van der Waals surface area contributed by atoms with Crippen molar-refractivity contribution in [2.75, 3.05) is 13.7 Å². The molecule has 1 saturated heterocycles. The van der Waals surface area contributed by atoms with E-state index in [2.05, 4.69) is 33.8 Å². The van der Waals surface area contributed by atoms with Gasteiger partial charge in [-0.25, -0.2) is 0 Å². The Hall–Kier alpha value is -1.95. The van der Waals surface area contributed by atoms with Gasteiger partial charge in [-0.05, 0) is 55.4 Å². The molecule has 1 saturated carbocycles. The number of amides is 1. The number of methoxy groups -OCH3 is 1. The third-order valence-corrected chi connectivity index (χ3v) is 8.44. The van der Waals surface area contributed by atoms with E-state index >= 15 is 0 Å². The van der Waals surface area contributed by atoms with Gasteiger partial charge in [0.2, 0.25) is 0 Å². The van der Waals surface area contributed by atoms with Crippen LogP contribution in [0.4, 0.5) is 0 Å². The molecule has 0 spiro atoms. The van der Waals surface area contributed by atoms with Crippen LogP contribution in [0.2, 0.25) is 0 Å². The van der Waals surface area contributed by atoms with Gasteiger partial charge in [-0.1, -0.05) is 38.8 Å². The van der Waals surface area contributed by atoms with Crippen LogP contribution in [-0.2, 0) is 19.1 Å². The molecule has 0 aromatic heterocycles. The van der Waals surface area contributed by atoms with Crippen molar-refractivity contribution in [1.29, 1.82) is 0 Å². The molecule has 164 valence electrons. The maximum atomic E-state index is 13.9. The van der Waals surface area contributed by atoms with Crippen LogP contribution in [0.5, 0.6) is 0 Å². The molecule has 0 aromatic carbocycles. The first kappa shape index (κ1) is 21.3. The molecule has 6 heteroatoms. The zero-order valence-electron chi connectivity index (χ0n) is 18.6. The number of fused-ring (bicyclic) bond motifs is 2. The maximum absolute atomic E-state index is 13.9. The van der Waals surface area contributed by atoms with Crippen LogP contribution < -0.4 is 0 Å². The SMILES string of the molecule is CO[C@@]12C=C(C(=O)[C@H]3[C@H](C)C(C)=C[C@@]4(C)C[C@H](C)CC[C@H]34)C(=O)N1CC[C@H]2C(=O)O. The van der Waals surface area contributed by atoms with Gasteiger partial charge in [0.15, 0.2) is 11.5 Å². The Morgan fingerprint density at radius 1 is 1.20 bits per heavy atom. The van der Waals surface area contributed by atoms with Gasteiger partial charge in [-0.15, -0.1) is 0 Å². The van der Waals surface area contributed by atoms with E-state index in [0.29, 0.717) is 12.3 Å². The summed E-state index contributed by atoms with van der Waals surface area (Å²) in [4.78, 5) is 40.3. The van der Waals surface area contributed by atoms with E-state index in [4.69, 9.17) is 4.74 Å². The molecule has 0 unspecified atom stereocenters. The van der Waals surface area contributed by atoms with E-state index in [1.54, 1.807) is 0 Å². The van der Waals surface area contributed by atoms with Crippen molar-refractivity contribution in [2.45, 2.75) is 59.1 Å². The van der Waals surface area contributed by atoms with Crippen molar-refractivity contribution in [3.8, 4) is 0 Å². The van der Waals surface area contributed by atoms with Crippen LogP contribution in [0, 0.1) is 35.0 Å². The summed E-state index contributed by atoms with van der Waals surface area (Å²) < 4.78 is 5.61. The molecule has 2 aliphatic heterocycles. The fraction of sp³-hybridized carbons (Fsp3) is 0.708. The molecule has 2 fully saturated rings. The van der Waals surface area contributed by atoms with Crippen molar-refractivity contribution in [3.05, 3.63) is 23.3 Å². The Morgan fingerprint density at radius 2 is 1.90 bits per heavy atom. The van der Waals surface area contributed by atoms with Crippen molar-refractivity contribution < 1.29 is 24.2 Å². The molecule has 7 atom stereocenters. The van der Waals surface area contributed by atoms with E-state index in [9.17, 15) is 19.5 Å². The fourth-order valence-electron chi connectivity index (χ4n) is 6.90. The lowest BCUT2D eigenvalue weighted by Gasteiger charge is -2.51. The fourth-order valence-corrected chi connectivity index (χ4v) is 6.90. The van der Waals surface area contributed by atoms with E-state index in [0.717, 1.165) is 19.3 Å². The number of Topliss-reactive ketones (excluding diaryl/α,β-unsaturated/α-hetero) is 1. The number of ketones is 1. The average Bonchev–Trinajstić information content (AvgIpc) is 3.18. The zero-order valence-corrected chi connectivity index (χ0v) is 18.6. The second kappa shape index (κ2) is 7.04. The summed E-state index contributed by atoms with van der Waals surface area (Å²) in [7, 11) is 1.42.